The molecule has 0 saturated carbocycles. The van der Waals surface area contributed by atoms with Gasteiger partial charge < -0.3 is 14.4 Å². The van der Waals surface area contributed by atoms with Gasteiger partial charge in [-0.25, -0.2) is 8.42 Å². The number of rotatable bonds is 5. The van der Waals surface area contributed by atoms with Gasteiger partial charge >= 0.3 is 0 Å². The number of ether oxygens (including phenoxy) is 1. The normalized spacial score (nSPS) is 11.2. The van der Waals surface area contributed by atoms with Crippen molar-refractivity contribution in [2.45, 2.75) is 4.90 Å². The second-order valence-corrected chi connectivity index (χ2v) is 6.56. The van der Waals surface area contributed by atoms with E-state index in [1.807, 2.05) is 0 Å². The number of hydrogen-bond acceptors (Lipinski definition) is 6. The van der Waals surface area contributed by atoms with E-state index in [-0.39, 0.29) is 22.0 Å². The van der Waals surface area contributed by atoms with E-state index in [1.54, 1.807) is 30.3 Å². The molecule has 1 heterocycles. The molecule has 0 bridgehead atoms. The quantitative estimate of drug-likeness (QED) is 0.736. The zero-order chi connectivity index (χ0) is 17.2. The third kappa shape index (κ3) is 3.04. The van der Waals surface area contributed by atoms with E-state index in [0.717, 1.165) is 6.26 Å². The molecule has 8 heteroatoms. The lowest BCUT2D eigenvalue weighted by Gasteiger charge is -2.13. The molecule has 7 nitrogen and oxygen atoms in total. The predicted octanol–water partition coefficient (Wildman–Crippen LogP) is 2.86. The van der Waals surface area contributed by atoms with E-state index < -0.39 is 10.0 Å². The van der Waals surface area contributed by atoms with Crippen LogP contribution in [0.3, 0.4) is 0 Å². The summed E-state index contributed by atoms with van der Waals surface area (Å²) in [5.74, 6) is 0.193. The van der Waals surface area contributed by atoms with Gasteiger partial charge in [0.25, 0.3) is 10.0 Å². The van der Waals surface area contributed by atoms with Crippen LogP contribution in [0.15, 0.2) is 64.2 Å². The number of nitrogens with zero attached hydrogens (tertiary/aromatic N) is 1. The van der Waals surface area contributed by atoms with Crippen molar-refractivity contribution < 1.29 is 22.8 Å². The van der Waals surface area contributed by atoms with E-state index in [0.29, 0.717) is 11.3 Å². The predicted molar refractivity (Wildman–Crippen MR) is 87.4 cm³/mol. The Morgan fingerprint density at radius 1 is 1.17 bits per heavy atom. The summed E-state index contributed by atoms with van der Waals surface area (Å²) in [4.78, 5) is 0.127. The number of aromatic hydroxyl groups is 1. The molecule has 3 aromatic rings. The van der Waals surface area contributed by atoms with Crippen LogP contribution < -0.4 is 9.46 Å². The molecule has 0 aliphatic heterocycles. The molecule has 3 rings (SSSR count). The lowest BCUT2D eigenvalue weighted by atomic mass is 10.1. The molecule has 2 aromatic carbocycles. The van der Waals surface area contributed by atoms with E-state index >= 15 is 0 Å². The monoisotopic (exact) mass is 346 g/mol. The molecule has 0 spiro atoms. The molecule has 0 unspecified atom stereocenters. The van der Waals surface area contributed by atoms with Crippen LogP contribution in [-0.2, 0) is 10.0 Å². The van der Waals surface area contributed by atoms with Gasteiger partial charge in [0.2, 0.25) is 0 Å². The van der Waals surface area contributed by atoms with Crippen molar-refractivity contribution in [2.24, 2.45) is 0 Å². The first-order chi connectivity index (χ1) is 11.5. The van der Waals surface area contributed by atoms with Crippen LogP contribution in [0.4, 0.5) is 5.69 Å². The van der Waals surface area contributed by atoms with Crippen molar-refractivity contribution in [1.29, 1.82) is 0 Å². The minimum Gasteiger partial charge on any atom is -0.503 e. The highest BCUT2D eigenvalue weighted by atomic mass is 32.2. The molecule has 0 amide bonds. The maximum absolute atomic E-state index is 12.5. The number of nitrogens with one attached hydrogen (secondary N) is 1. The number of aromatic nitrogens is 1. The molecular weight excluding hydrogens is 332 g/mol. The highest BCUT2D eigenvalue weighted by Crippen LogP contribution is 2.34. The molecule has 0 atom stereocenters. The van der Waals surface area contributed by atoms with E-state index in [2.05, 4.69) is 9.88 Å². The van der Waals surface area contributed by atoms with E-state index in [1.165, 1.54) is 25.3 Å². The van der Waals surface area contributed by atoms with Crippen molar-refractivity contribution in [1.82, 2.24) is 5.16 Å². The maximum atomic E-state index is 12.5. The number of methoxy groups -OCH3 is 1. The first-order valence-electron chi connectivity index (χ1n) is 6.91. The molecule has 2 N–H and O–H groups in total. The number of hydrogen-bond donors (Lipinski definition) is 2. The van der Waals surface area contributed by atoms with Gasteiger partial charge in [-0.2, -0.15) is 0 Å². The Labute approximate surface area is 138 Å². The second kappa shape index (κ2) is 6.25. The lowest BCUT2D eigenvalue weighted by Crippen LogP contribution is -2.13. The topological polar surface area (TPSA) is 102 Å². The summed E-state index contributed by atoms with van der Waals surface area (Å²) >= 11 is 0. The Kier molecular flexibility index (Phi) is 4.13. The van der Waals surface area contributed by atoms with Gasteiger partial charge in [0.05, 0.1) is 17.7 Å². The first-order valence-corrected chi connectivity index (χ1v) is 8.39. The average molecular weight is 346 g/mol. The van der Waals surface area contributed by atoms with Crippen molar-refractivity contribution in [3.63, 3.8) is 0 Å². The number of anilines is 1. The van der Waals surface area contributed by atoms with Gasteiger partial charge in [-0.15, -0.1) is 0 Å². The van der Waals surface area contributed by atoms with Crippen LogP contribution in [0.2, 0.25) is 0 Å². The molecule has 0 aliphatic carbocycles. The molecule has 0 aliphatic rings. The SMILES string of the molecule is COc1ccc(-c2nocc2O)cc1NS(=O)(=O)c1ccccc1. The average Bonchev–Trinajstić information content (AvgIpc) is 3.01. The van der Waals surface area contributed by atoms with Gasteiger partial charge in [0.1, 0.15) is 5.75 Å². The van der Waals surface area contributed by atoms with Crippen molar-refractivity contribution >= 4 is 15.7 Å². The molecule has 124 valence electrons. The fourth-order valence-electron chi connectivity index (χ4n) is 2.17. The summed E-state index contributed by atoms with van der Waals surface area (Å²) in [6.07, 6.45) is 1.09. The summed E-state index contributed by atoms with van der Waals surface area (Å²) in [6.45, 7) is 0. The molecule has 0 fully saturated rings. The lowest BCUT2D eigenvalue weighted by molar-refractivity contribution is 0.408. The largest absolute Gasteiger partial charge is 0.503 e. The minimum absolute atomic E-state index is 0.127. The Hall–Kier alpha value is -3.00. The smallest absolute Gasteiger partial charge is 0.262 e. The van der Waals surface area contributed by atoms with Crippen LogP contribution in [0.1, 0.15) is 0 Å². The highest BCUT2D eigenvalue weighted by molar-refractivity contribution is 7.92. The standard InChI is InChI=1S/C16H14N2O5S/c1-22-15-8-7-11(16-14(19)10-23-17-16)9-13(15)18-24(20,21)12-5-3-2-4-6-12/h2-10,18-19H,1H3. The van der Waals surface area contributed by atoms with Crippen LogP contribution in [0.5, 0.6) is 11.5 Å². The van der Waals surface area contributed by atoms with Crippen molar-refractivity contribution in [3.8, 4) is 22.8 Å². The van der Waals surface area contributed by atoms with Gasteiger partial charge in [-0.05, 0) is 30.3 Å². The Morgan fingerprint density at radius 3 is 2.54 bits per heavy atom. The zero-order valence-corrected chi connectivity index (χ0v) is 13.4. The molecular formula is C16H14N2O5S. The number of benzene rings is 2. The minimum atomic E-state index is -3.78. The Bertz CT molecular complexity index is 952. The fourth-order valence-corrected chi connectivity index (χ4v) is 3.25. The summed E-state index contributed by atoms with van der Waals surface area (Å²) < 4.78 is 37.3. The summed E-state index contributed by atoms with van der Waals surface area (Å²) in [6, 6.07) is 12.7. The molecule has 1 aromatic heterocycles. The molecule has 0 radical (unpaired) electrons. The van der Waals surface area contributed by atoms with Crippen molar-refractivity contribution in [2.75, 3.05) is 11.8 Å². The summed E-state index contributed by atoms with van der Waals surface area (Å²) in [7, 11) is -2.34. The third-order valence-corrected chi connectivity index (χ3v) is 4.70. The first kappa shape index (κ1) is 15.9. The summed E-state index contributed by atoms with van der Waals surface area (Å²) in [5.41, 5.74) is 0.909. The number of sulfonamides is 1. The van der Waals surface area contributed by atoms with E-state index in [9.17, 15) is 13.5 Å². The maximum Gasteiger partial charge on any atom is 0.262 e. The van der Waals surface area contributed by atoms with Gasteiger partial charge in [0, 0.05) is 5.56 Å². The highest BCUT2D eigenvalue weighted by Gasteiger charge is 2.18. The fraction of sp³-hybridized carbons (Fsp3) is 0.0625. The van der Waals surface area contributed by atoms with Gasteiger partial charge in [0.15, 0.2) is 17.7 Å². The Morgan fingerprint density at radius 2 is 1.92 bits per heavy atom. The Balaban J connectivity index is 2.02. The van der Waals surface area contributed by atoms with Crippen LogP contribution in [0, 0.1) is 0 Å². The van der Waals surface area contributed by atoms with Crippen LogP contribution in [0.25, 0.3) is 11.3 Å². The van der Waals surface area contributed by atoms with Crippen LogP contribution >= 0.6 is 0 Å². The third-order valence-electron chi connectivity index (χ3n) is 3.32. The molecule has 24 heavy (non-hydrogen) atoms. The van der Waals surface area contributed by atoms with Crippen LogP contribution in [-0.4, -0.2) is 25.8 Å². The zero-order valence-electron chi connectivity index (χ0n) is 12.6. The van der Waals surface area contributed by atoms with Gasteiger partial charge in [-0.1, -0.05) is 23.4 Å². The van der Waals surface area contributed by atoms with Gasteiger partial charge in [-0.3, -0.25) is 4.72 Å². The van der Waals surface area contributed by atoms with E-state index in [4.69, 9.17) is 9.26 Å². The van der Waals surface area contributed by atoms with Crippen molar-refractivity contribution in [3.05, 3.63) is 54.8 Å². The second-order valence-electron chi connectivity index (χ2n) is 4.88. The summed E-state index contributed by atoms with van der Waals surface area (Å²) in [5, 5.41) is 13.4. The molecule has 0 saturated heterocycles.